The van der Waals surface area contributed by atoms with Gasteiger partial charge in [-0.2, -0.15) is 4.98 Å². The average Bonchev–Trinajstić information content (AvgIpc) is 3.16. The Morgan fingerprint density at radius 1 is 1.18 bits per heavy atom. The lowest BCUT2D eigenvalue weighted by molar-refractivity contribution is 0.184. The van der Waals surface area contributed by atoms with E-state index >= 15 is 0 Å². The van der Waals surface area contributed by atoms with E-state index in [0.717, 1.165) is 24.4 Å². The summed E-state index contributed by atoms with van der Waals surface area (Å²) < 4.78 is 20.0. The second kappa shape index (κ2) is 8.51. The van der Waals surface area contributed by atoms with Crippen LogP contribution in [0.4, 0.5) is 27.5 Å². The molecule has 0 saturated carbocycles. The molecule has 1 atom stereocenters. The van der Waals surface area contributed by atoms with Gasteiger partial charge in [0.05, 0.1) is 5.52 Å². The third-order valence-electron chi connectivity index (χ3n) is 5.38. The molecular weight excluding hydrogens is 423 g/mol. The van der Waals surface area contributed by atoms with Crippen molar-refractivity contribution >= 4 is 34.0 Å². The summed E-state index contributed by atoms with van der Waals surface area (Å²) in [7, 11) is 4.06. The second-order valence-corrected chi connectivity index (χ2v) is 8.26. The minimum absolute atomic E-state index is 0.141. The first-order chi connectivity index (χ1) is 15.9. The Bertz CT molecular complexity index is 1390. The van der Waals surface area contributed by atoms with Gasteiger partial charge < -0.3 is 25.3 Å². The van der Waals surface area contributed by atoms with Crippen LogP contribution >= 0.6 is 0 Å². The van der Waals surface area contributed by atoms with Crippen molar-refractivity contribution in [2.24, 2.45) is 0 Å². The minimum atomic E-state index is -0.476. The van der Waals surface area contributed by atoms with E-state index < -0.39 is 11.4 Å². The number of para-hydroxylation sites is 1. The van der Waals surface area contributed by atoms with Crippen molar-refractivity contribution in [2.45, 2.75) is 12.5 Å². The number of aromatic amines is 1. The van der Waals surface area contributed by atoms with Gasteiger partial charge in [0.1, 0.15) is 29.2 Å². The van der Waals surface area contributed by atoms with E-state index in [1.54, 1.807) is 30.5 Å². The number of halogens is 1. The molecule has 0 bridgehead atoms. The number of aromatic nitrogens is 3. The molecule has 2 aromatic heterocycles. The lowest BCUT2D eigenvalue weighted by atomic mass is 10.1. The number of fused-ring (bicyclic) bond motifs is 2. The zero-order valence-electron chi connectivity index (χ0n) is 18.2. The lowest BCUT2D eigenvalue weighted by Crippen LogP contribution is -2.29. The summed E-state index contributed by atoms with van der Waals surface area (Å²) in [5.74, 6) is 1.18. The van der Waals surface area contributed by atoms with Gasteiger partial charge >= 0.3 is 0 Å². The Labute approximate surface area is 189 Å². The molecule has 1 aliphatic rings. The topological polar surface area (TPSA) is 95.2 Å². The largest absolute Gasteiger partial charge is 0.488 e. The van der Waals surface area contributed by atoms with E-state index in [1.165, 1.54) is 11.6 Å². The van der Waals surface area contributed by atoms with Crippen molar-refractivity contribution in [3.63, 3.8) is 0 Å². The molecule has 2 aromatic carbocycles. The monoisotopic (exact) mass is 446 g/mol. The fraction of sp³-hybridized carbons (Fsp3) is 0.208. The lowest BCUT2D eigenvalue weighted by Gasteiger charge is -2.15. The van der Waals surface area contributed by atoms with Crippen LogP contribution in [0.15, 0.2) is 59.5 Å². The highest BCUT2D eigenvalue weighted by Crippen LogP contribution is 2.32. The number of anilines is 4. The number of benzene rings is 2. The minimum Gasteiger partial charge on any atom is -0.488 e. The van der Waals surface area contributed by atoms with Gasteiger partial charge in [-0.3, -0.25) is 4.79 Å². The second-order valence-electron chi connectivity index (χ2n) is 8.26. The van der Waals surface area contributed by atoms with Crippen molar-refractivity contribution in [2.75, 3.05) is 31.3 Å². The van der Waals surface area contributed by atoms with Crippen LogP contribution in [0.5, 0.6) is 5.75 Å². The van der Waals surface area contributed by atoms with Gasteiger partial charge in [-0.1, -0.05) is 18.2 Å². The highest BCUT2D eigenvalue weighted by atomic mass is 19.1. The van der Waals surface area contributed by atoms with Gasteiger partial charge in [0.25, 0.3) is 5.56 Å². The van der Waals surface area contributed by atoms with E-state index in [0.29, 0.717) is 17.2 Å². The van der Waals surface area contributed by atoms with Gasteiger partial charge in [-0.05, 0) is 43.9 Å². The summed E-state index contributed by atoms with van der Waals surface area (Å²) in [6, 6.07) is 13.8. The number of rotatable bonds is 6. The molecule has 0 radical (unpaired) electrons. The molecule has 0 amide bonds. The zero-order valence-corrected chi connectivity index (χ0v) is 18.2. The summed E-state index contributed by atoms with van der Waals surface area (Å²) >= 11 is 0. The van der Waals surface area contributed by atoms with Crippen LogP contribution in [-0.2, 0) is 6.42 Å². The first kappa shape index (κ1) is 20.9. The third kappa shape index (κ3) is 4.49. The van der Waals surface area contributed by atoms with E-state index in [2.05, 4.69) is 30.5 Å². The average molecular weight is 446 g/mol. The first-order valence-corrected chi connectivity index (χ1v) is 10.6. The molecule has 33 heavy (non-hydrogen) atoms. The van der Waals surface area contributed by atoms with Crippen LogP contribution in [0.25, 0.3) is 10.9 Å². The van der Waals surface area contributed by atoms with Crippen LogP contribution in [-0.4, -0.2) is 46.6 Å². The number of ether oxygens (including phenoxy) is 1. The van der Waals surface area contributed by atoms with Crippen molar-refractivity contribution in [1.29, 1.82) is 0 Å². The molecule has 8 nitrogen and oxygen atoms in total. The van der Waals surface area contributed by atoms with E-state index in [-0.39, 0.29) is 17.3 Å². The van der Waals surface area contributed by atoms with Crippen molar-refractivity contribution in [1.82, 2.24) is 19.9 Å². The van der Waals surface area contributed by atoms with Crippen molar-refractivity contribution in [3.8, 4) is 5.75 Å². The Balaban J connectivity index is 1.33. The Morgan fingerprint density at radius 2 is 2.06 bits per heavy atom. The van der Waals surface area contributed by atoms with E-state index in [9.17, 15) is 9.18 Å². The van der Waals surface area contributed by atoms with E-state index in [1.807, 2.05) is 32.3 Å². The molecule has 9 heteroatoms. The number of hydrogen-bond donors (Lipinski definition) is 3. The number of hydrogen-bond acceptors (Lipinski definition) is 7. The number of pyridine rings is 1. The van der Waals surface area contributed by atoms with Gasteiger partial charge in [-0.25, -0.2) is 9.37 Å². The van der Waals surface area contributed by atoms with Crippen LogP contribution in [0.1, 0.15) is 5.56 Å². The summed E-state index contributed by atoms with van der Waals surface area (Å²) in [6.45, 7) is 0.856. The fourth-order valence-corrected chi connectivity index (χ4v) is 3.93. The highest BCUT2D eigenvalue weighted by molar-refractivity contribution is 5.82. The van der Waals surface area contributed by atoms with Crippen molar-refractivity contribution < 1.29 is 9.13 Å². The molecule has 1 unspecified atom stereocenters. The normalized spacial score (nSPS) is 14.8. The molecule has 0 spiro atoms. The molecule has 1 aliphatic heterocycles. The Hall–Kier alpha value is -3.98. The SMILES string of the molecule is CN(C)CC1Cc2ccc(Nc3nccc(Nc4cc5cccc(F)c5[nH]c4=O)n3)cc2O1. The molecule has 0 saturated heterocycles. The molecule has 0 fully saturated rings. The molecule has 3 N–H and O–H groups in total. The van der Waals surface area contributed by atoms with Gasteiger partial charge in [-0.15, -0.1) is 0 Å². The van der Waals surface area contributed by atoms with E-state index in [4.69, 9.17) is 4.74 Å². The standard InChI is InChI=1S/C24H23FN6O2/c1-31(2)13-17-10-14-6-7-16(12-20(14)33-17)27-24-26-9-8-21(29-24)28-19-11-15-4-3-5-18(25)22(15)30-23(19)32/h3-9,11-12,17H,10,13H2,1-2H3,(H,30,32)(H2,26,27,28,29). The maximum absolute atomic E-state index is 13.9. The van der Waals surface area contributed by atoms with Gasteiger partial charge in [0.15, 0.2) is 0 Å². The number of nitrogens with one attached hydrogen (secondary N) is 3. The fourth-order valence-electron chi connectivity index (χ4n) is 3.93. The number of likely N-dealkylation sites (N-methyl/N-ethyl adjacent to an activating group) is 1. The molecule has 168 valence electrons. The van der Waals surface area contributed by atoms with Crippen LogP contribution in [0.2, 0.25) is 0 Å². The predicted molar refractivity (Wildman–Crippen MR) is 126 cm³/mol. The van der Waals surface area contributed by atoms with Gasteiger partial charge in [0, 0.05) is 36.3 Å². The smallest absolute Gasteiger partial charge is 0.272 e. The Kier molecular flexibility index (Phi) is 5.39. The Morgan fingerprint density at radius 3 is 2.91 bits per heavy atom. The molecule has 5 rings (SSSR count). The number of nitrogens with zero attached hydrogens (tertiary/aromatic N) is 3. The molecule has 0 aliphatic carbocycles. The summed E-state index contributed by atoms with van der Waals surface area (Å²) in [4.78, 5) is 25.8. The summed E-state index contributed by atoms with van der Waals surface area (Å²) in [5.41, 5.74) is 1.97. The maximum Gasteiger partial charge on any atom is 0.272 e. The van der Waals surface area contributed by atoms with Crippen LogP contribution < -0.4 is 20.9 Å². The molecule has 4 aromatic rings. The first-order valence-electron chi connectivity index (χ1n) is 10.6. The maximum atomic E-state index is 13.9. The highest BCUT2D eigenvalue weighted by Gasteiger charge is 2.23. The van der Waals surface area contributed by atoms with Gasteiger partial charge in [0.2, 0.25) is 5.95 Å². The quantitative estimate of drug-likeness (QED) is 0.415. The third-order valence-corrected chi connectivity index (χ3v) is 5.38. The zero-order chi connectivity index (χ0) is 22.9. The summed E-state index contributed by atoms with van der Waals surface area (Å²) in [5, 5.41) is 6.75. The molecule has 3 heterocycles. The van der Waals surface area contributed by atoms with Crippen LogP contribution in [0.3, 0.4) is 0 Å². The van der Waals surface area contributed by atoms with Crippen LogP contribution in [0, 0.1) is 5.82 Å². The number of H-pyrrole nitrogens is 1. The van der Waals surface area contributed by atoms with Crippen molar-refractivity contribution in [3.05, 3.63) is 76.5 Å². The molecular formula is C24H23FN6O2. The summed E-state index contributed by atoms with van der Waals surface area (Å²) in [6.07, 6.45) is 2.61. The predicted octanol–water partition coefficient (Wildman–Crippen LogP) is 3.81.